The van der Waals surface area contributed by atoms with E-state index in [2.05, 4.69) is 54.8 Å². The summed E-state index contributed by atoms with van der Waals surface area (Å²) in [6.45, 7) is 8.70. The summed E-state index contributed by atoms with van der Waals surface area (Å²) < 4.78 is 0. The van der Waals surface area contributed by atoms with E-state index in [1.807, 2.05) is 12.4 Å². The Morgan fingerprint density at radius 1 is 0.947 bits per heavy atom. The molecule has 98 valence electrons. The molecule has 3 rings (SSSR count). The van der Waals surface area contributed by atoms with Crippen LogP contribution in [-0.2, 0) is 0 Å². The van der Waals surface area contributed by atoms with Crippen LogP contribution in [0.4, 0.5) is 0 Å². The van der Waals surface area contributed by atoms with Crippen molar-refractivity contribution in [2.45, 2.75) is 39.5 Å². The number of hydrogen-bond donors (Lipinski definition) is 1. The van der Waals surface area contributed by atoms with Crippen molar-refractivity contribution < 1.29 is 0 Å². The predicted octanol–water partition coefficient (Wildman–Crippen LogP) is 4.36. The van der Waals surface area contributed by atoms with Crippen molar-refractivity contribution in [2.75, 3.05) is 0 Å². The Morgan fingerprint density at radius 2 is 1.74 bits per heavy atom. The number of nitrogens with zero attached hydrogens (tertiary/aromatic N) is 2. The standard InChI is InChI=1S/C16H19N3/c1-9(2)12-7-17-8-13-11(12)5-6-14-15(13)19-16(18-14)10(3)4/h5-10H,1-4H3,(H,18,19). The van der Waals surface area contributed by atoms with Gasteiger partial charge < -0.3 is 4.98 Å². The Morgan fingerprint density at radius 3 is 2.42 bits per heavy atom. The molecule has 3 heteroatoms. The largest absolute Gasteiger partial charge is 0.341 e. The zero-order valence-corrected chi connectivity index (χ0v) is 11.9. The van der Waals surface area contributed by atoms with Gasteiger partial charge in [-0.25, -0.2) is 4.98 Å². The fourth-order valence-corrected chi connectivity index (χ4v) is 2.50. The first-order chi connectivity index (χ1) is 9.08. The van der Waals surface area contributed by atoms with Crippen LogP contribution in [0.3, 0.4) is 0 Å². The number of benzene rings is 1. The molecule has 0 aliphatic heterocycles. The van der Waals surface area contributed by atoms with E-state index >= 15 is 0 Å². The number of fused-ring (bicyclic) bond motifs is 3. The van der Waals surface area contributed by atoms with Crippen molar-refractivity contribution in [3.05, 3.63) is 35.9 Å². The van der Waals surface area contributed by atoms with Gasteiger partial charge >= 0.3 is 0 Å². The molecule has 0 fully saturated rings. The summed E-state index contributed by atoms with van der Waals surface area (Å²) >= 11 is 0. The number of pyridine rings is 1. The molecule has 3 nitrogen and oxygen atoms in total. The summed E-state index contributed by atoms with van der Waals surface area (Å²) in [4.78, 5) is 12.5. The van der Waals surface area contributed by atoms with Gasteiger partial charge in [-0.3, -0.25) is 4.98 Å². The zero-order chi connectivity index (χ0) is 13.6. The van der Waals surface area contributed by atoms with Crippen LogP contribution in [0.25, 0.3) is 21.8 Å². The number of hydrogen-bond acceptors (Lipinski definition) is 2. The molecule has 3 aromatic rings. The fraction of sp³-hybridized carbons (Fsp3) is 0.375. The summed E-state index contributed by atoms with van der Waals surface area (Å²) in [5.74, 6) is 1.92. The molecule has 0 unspecified atom stereocenters. The van der Waals surface area contributed by atoms with Crippen molar-refractivity contribution in [1.82, 2.24) is 15.0 Å². The maximum atomic E-state index is 4.65. The molecule has 0 radical (unpaired) electrons. The van der Waals surface area contributed by atoms with E-state index in [1.165, 1.54) is 16.3 Å². The number of imidazole rings is 1. The molecule has 0 saturated carbocycles. The second-order valence-corrected chi connectivity index (χ2v) is 5.71. The molecule has 0 bridgehead atoms. The lowest BCUT2D eigenvalue weighted by atomic mass is 9.98. The van der Waals surface area contributed by atoms with E-state index in [0.717, 1.165) is 16.9 Å². The van der Waals surface area contributed by atoms with Gasteiger partial charge in [-0.2, -0.15) is 0 Å². The Bertz CT molecular complexity index is 738. The second-order valence-electron chi connectivity index (χ2n) is 5.71. The Hall–Kier alpha value is -1.90. The van der Waals surface area contributed by atoms with Crippen molar-refractivity contribution in [3.8, 4) is 0 Å². The molecule has 0 spiro atoms. The lowest BCUT2D eigenvalue weighted by Crippen LogP contribution is -1.91. The molecule has 1 N–H and O–H groups in total. The first-order valence-electron chi connectivity index (χ1n) is 6.84. The van der Waals surface area contributed by atoms with Crippen LogP contribution in [-0.4, -0.2) is 15.0 Å². The van der Waals surface area contributed by atoms with Gasteiger partial charge in [0.2, 0.25) is 0 Å². The maximum Gasteiger partial charge on any atom is 0.109 e. The van der Waals surface area contributed by atoms with Gasteiger partial charge in [0.15, 0.2) is 0 Å². The van der Waals surface area contributed by atoms with Crippen molar-refractivity contribution in [1.29, 1.82) is 0 Å². The van der Waals surface area contributed by atoms with Crippen LogP contribution in [0.2, 0.25) is 0 Å². The van der Waals surface area contributed by atoms with E-state index in [4.69, 9.17) is 0 Å². The average Bonchev–Trinajstić information content (AvgIpc) is 2.82. The average molecular weight is 253 g/mol. The number of nitrogens with one attached hydrogen (secondary N) is 1. The zero-order valence-electron chi connectivity index (χ0n) is 11.9. The molecule has 0 saturated heterocycles. The van der Waals surface area contributed by atoms with Crippen LogP contribution in [0, 0.1) is 0 Å². The molecule has 2 heterocycles. The summed E-state index contributed by atoms with van der Waals surface area (Å²) in [7, 11) is 0. The summed E-state index contributed by atoms with van der Waals surface area (Å²) in [6, 6.07) is 4.27. The Labute approximate surface area is 113 Å². The summed E-state index contributed by atoms with van der Waals surface area (Å²) in [5, 5.41) is 2.44. The third kappa shape index (κ3) is 1.89. The summed E-state index contributed by atoms with van der Waals surface area (Å²) in [6.07, 6.45) is 3.91. The molecular weight excluding hydrogens is 234 g/mol. The van der Waals surface area contributed by atoms with Crippen molar-refractivity contribution in [2.24, 2.45) is 0 Å². The number of aromatic amines is 1. The van der Waals surface area contributed by atoms with E-state index < -0.39 is 0 Å². The fourth-order valence-electron chi connectivity index (χ4n) is 2.50. The number of H-pyrrole nitrogens is 1. The molecule has 1 aromatic carbocycles. The predicted molar refractivity (Wildman–Crippen MR) is 79.6 cm³/mol. The minimum absolute atomic E-state index is 0.406. The van der Waals surface area contributed by atoms with Crippen LogP contribution >= 0.6 is 0 Å². The maximum absolute atomic E-state index is 4.65. The first-order valence-corrected chi connectivity index (χ1v) is 6.84. The monoisotopic (exact) mass is 253 g/mol. The lowest BCUT2D eigenvalue weighted by Gasteiger charge is -2.09. The van der Waals surface area contributed by atoms with Crippen molar-refractivity contribution in [3.63, 3.8) is 0 Å². The van der Waals surface area contributed by atoms with Gasteiger partial charge in [0.05, 0.1) is 11.0 Å². The van der Waals surface area contributed by atoms with Gasteiger partial charge in [0.25, 0.3) is 0 Å². The molecule has 19 heavy (non-hydrogen) atoms. The topological polar surface area (TPSA) is 41.6 Å². The van der Waals surface area contributed by atoms with E-state index in [1.54, 1.807) is 0 Å². The van der Waals surface area contributed by atoms with E-state index in [-0.39, 0.29) is 0 Å². The first kappa shape index (κ1) is 12.2. The highest BCUT2D eigenvalue weighted by atomic mass is 14.9. The van der Waals surface area contributed by atoms with Gasteiger partial charge in [-0.1, -0.05) is 33.8 Å². The smallest absolute Gasteiger partial charge is 0.109 e. The van der Waals surface area contributed by atoms with E-state index in [0.29, 0.717) is 11.8 Å². The number of rotatable bonds is 2. The minimum Gasteiger partial charge on any atom is -0.341 e. The van der Waals surface area contributed by atoms with Gasteiger partial charge in [-0.15, -0.1) is 0 Å². The quantitative estimate of drug-likeness (QED) is 0.737. The third-order valence-corrected chi connectivity index (χ3v) is 3.61. The highest BCUT2D eigenvalue weighted by Gasteiger charge is 2.12. The molecule has 2 aromatic heterocycles. The lowest BCUT2D eigenvalue weighted by molar-refractivity contribution is 0.799. The van der Waals surface area contributed by atoms with E-state index in [9.17, 15) is 0 Å². The highest BCUT2D eigenvalue weighted by Crippen LogP contribution is 2.29. The molecular formula is C16H19N3. The van der Waals surface area contributed by atoms with Gasteiger partial charge in [-0.05, 0) is 22.9 Å². The van der Waals surface area contributed by atoms with Crippen LogP contribution < -0.4 is 0 Å². The molecule has 0 aliphatic rings. The van der Waals surface area contributed by atoms with Crippen LogP contribution in [0.1, 0.15) is 50.9 Å². The Kier molecular flexibility index (Phi) is 2.77. The van der Waals surface area contributed by atoms with Crippen LogP contribution in [0.15, 0.2) is 24.5 Å². The second kappa shape index (κ2) is 4.34. The minimum atomic E-state index is 0.406. The summed E-state index contributed by atoms with van der Waals surface area (Å²) in [5.41, 5.74) is 3.43. The normalized spacial score (nSPS) is 12.1. The molecule has 0 atom stereocenters. The van der Waals surface area contributed by atoms with Crippen molar-refractivity contribution >= 4 is 21.8 Å². The third-order valence-electron chi connectivity index (χ3n) is 3.61. The number of aromatic nitrogens is 3. The van der Waals surface area contributed by atoms with Gasteiger partial charge in [0.1, 0.15) is 5.82 Å². The highest BCUT2D eigenvalue weighted by molar-refractivity contribution is 6.05. The van der Waals surface area contributed by atoms with Crippen LogP contribution in [0.5, 0.6) is 0 Å². The SMILES string of the molecule is CC(C)c1nc2ccc3c(C(C)C)cncc3c2[nH]1. The molecule has 0 aliphatic carbocycles. The Balaban J connectivity index is 2.37. The molecule has 0 amide bonds. The van der Waals surface area contributed by atoms with Gasteiger partial charge in [0, 0.05) is 23.7 Å².